The molecule has 0 bridgehead atoms. The van der Waals surface area contributed by atoms with Gasteiger partial charge in [0, 0.05) is 6.04 Å². The highest BCUT2D eigenvalue weighted by atomic mass is 35.5. The van der Waals surface area contributed by atoms with Crippen LogP contribution in [-0.4, -0.2) is 23.7 Å². The highest BCUT2D eigenvalue weighted by molar-refractivity contribution is 5.85. The molecule has 0 radical (unpaired) electrons. The van der Waals surface area contributed by atoms with Gasteiger partial charge in [-0.05, 0) is 29.7 Å². The Labute approximate surface area is 142 Å². The van der Waals surface area contributed by atoms with Gasteiger partial charge in [0.05, 0.1) is 0 Å². The zero-order valence-corrected chi connectivity index (χ0v) is 13.5. The molecule has 120 valence electrons. The quantitative estimate of drug-likeness (QED) is 0.837. The molecule has 4 heteroatoms. The molecule has 1 unspecified atom stereocenters. The van der Waals surface area contributed by atoms with Gasteiger partial charge in [0.15, 0.2) is 0 Å². The number of aliphatic carboxylic acids is 1. The van der Waals surface area contributed by atoms with E-state index in [1.807, 2.05) is 48.5 Å². The van der Waals surface area contributed by atoms with Gasteiger partial charge < -0.3 is 10.4 Å². The summed E-state index contributed by atoms with van der Waals surface area (Å²) in [5, 5.41) is 12.9. The highest BCUT2D eigenvalue weighted by Crippen LogP contribution is 2.26. The number of carbonyl (C=O) groups is 1. The molecule has 0 saturated heterocycles. The summed E-state index contributed by atoms with van der Waals surface area (Å²) in [6.07, 6.45) is 4.97. The second-order valence-corrected chi connectivity index (χ2v) is 5.50. The SMILES string of the molecule is Cl.O=C(O)[C@H](c1ccc(-c2ccccc2)cc1)C1C=CCCN1. The molecular weight excluding hydrogens is 310 g/mol. The first-order chi connectivity index (χ1) is 10.8. The van der Waals surface area contributed by atoms with Crippen molar-refractivity contribution in [2.45, 2.75) is 18.4 Å². The van der Waals surface area contributed by atoms with Crippen molar-refractivity contribution in [3.05, 3.63) is 72.3 Å². The summed E-state index contributed by atoms with van der Waals surface area (Å²) in [5.41, 5.74) is 3.06. The molecule has 2 aromatic carbocycles. The van der Waals surface area contributed by atoms with Gasteiger partial charge in [-0.15, -0.1) is 12.4 Å². The lowest BCUT2D eigenvalue weighted by Gasteiger charge is -2.25. The van der Waals surface area contributed by atoms with E-state index in [0.717, 1.165) is 29.7 Å². The van der Waals surface area contributed by atoms with Crippen molar-refractivity contribution < 1.29 is 9.90 Å². The number of rotatable bonds is 4. The van der Waals surface area contributed by atoms with E-state index in [9.17, 15) is 9.90 Å². The molecule has 2 atom stereocenters. The highest BCUT2D eigenvalue weighted by Gasteiger charge is 2.28. The molecule has 0 spiro atoms. The molecule has 3 rings (SSSR count). The Kier molecular flexibility index (Phi) is 5.97. The average Bonchev–Trinajstić information content (AvgIpc) is 2.57. The maximum atomic E-state index is 11.7. The summed E-state index contributed by atoms with van der Waals surface area (Å²) in [5.74, 6) is -1.35. The summed E-state index contributed by atoms with van der Waals surface area (Å²) < 4.78 is 0. The van der Waals surface area contributed by atoms with E-state index >= 15 is 0 Å². The molecule has 1 aliphatic heterocycles. The normalized spacial score (nSPS) is 18.0. The Morgan fingerprint density at radius 3 is 2.26 bits per heavy atom. The summed E-state index contributed by atoms with van der Waals surface area (Å²) in [6, 6.07) is 17.8. The molecule has 23 heavy (non-hydrogen) atoms. The predicted molar refractivity (Wildman–Crippen MR) is 95.1 cm³/mol. The fraction of sp³-hybridized carbons (Fsp3) is 0.211. The predicted octanol–water partition coefficient (Wildman–Crippen LogP) is 3.86. The van der Waals surface area contributed by atoms with Crippen molar-refractivity contribution in [3.63, 3.8) is 0 Å². The van der Waals surface area contributed by atoms with Crippen LogP contribution in [0.15, 0.2) is 66.7 Å². The third kappa shape index (κ3) is 4.01. The monoisotopic (exact) mass is 329 g/mol. The second kappa shape index (κ2) is 7.95. The van der Waals surface area contributed by atoms with Gasteiger partial charge in [-0.3, -0.25) is 4.79 Å². The number of nitrogens with one attached hydrogen (secondary N) is 1. The van der Waals surface area contributed by atoms with Crippen molar-refractivity contribution in [1.29, 1.82) is 0 Å². The molecule has 0 saturated carbocycles. The molecule has 0 fully saturated rings. The van der Waals surface area contributed by atoms with Gasteiger partial charge in [-0.2, -0.15) is 0 Å². The van der Waals surface area contributed by atoms with Gasteiger partial charge in [0.2, 0.25) is 0 Å². The maximum Gasteiger partial charge on any atom is 0.312 e. The molecule has 0 aromatic heterocycles. The molecule has 3 nitrogen and oxygen atoms in total. The Morgan fingerprint density at radius 1 is 1.04 bits per heavy atom. The van der Waals surface area contributed by atoms with Crippen LogP contribution in [0.25, 0.3) is 11.1 Å². The summed E-state index contributed by atoms with van der Waals surface area (Å²) >= 11 is 0. The van der Waals surface area contributed by atoms with E-state index in [0.29, 0.717) is 0 Å². The lowest BCUT2D eigenvalue weighted by Crippen LogP contribution is -2.39. The first-order valence-corrected chi connectivity index (χ1v) is 7.54. The van der Waals surface area contributed by atoms with Gasteiger partial charge in [0.1, 0.15) is 5.92 Å². The fourth-order valence-electron chi connectivity index (χ4n) is 2.89. The number of carboxylic acid groups (broad SMARTS) is 1. The van der Waals surface area contributed by atoms with Crippen LogP contribution in [0.2, 0.25) is 0 Å². The minimum absolute atomic E-state index is 0. The molecule has 2 aromatic rings. The zero-order valence-electron chi connectivity index (χ0n) is 12.7. The Balaban J connectivity index is 0.00000192. The zero-order chi connectivity index (χ0) is 15.4. The van der Waals surface area contributed by atoms with Crippen LogP contribution in [0.5, 0.6) is 0 Å². The second-order valence-electron chi connectivity index (χ2n) is 5.50. The van der Waals surface area contributed by atoms with Crippen LogP contribution in [-0.2, 0) is 4.79 Å². The van der Waals surface area contributed by atoms with Gasteiger partial charge in [0.25, 0.3) is 0 Å². The van der Waals surface area contributed by atoms with Gasteiger partial charge >= 0.3 is 5.97 Å². The van der Waals surface area contributed by atoms with Crippen LogP contribution in [0, 0.1) is 0 Å². The van der Waals surface area contributed by atoms with E-state index in [1.165, 1.54) is 0 Å². The van der Waals surface area contributed by atoms with Crippen LogP contribution in [0.4, 0.5) is 0 Å². The van der Waals surface area contributed by atoms with E-state index in [2.05, 4.69) is 23.5 Å². The van der Waals surface area contributed by atoms with E-state index in [4.69, 9.17) is 0 Å². The van der Waals surface area contributed by atoms with Gasteiger partial charge in [-0.1, -0.05) is 66.7 Å². The first-order valence-electron chi connectivity index (χ1n) is 7.54. The summed E-state index contributed by atoms with van der Waals surface area (Å²) in [4.78, 5) is 11.7. The van der Waals surface area contributed by atoms with Gasteiger partial charge in [-0.25, -0.2) is 0 Å². The molecule has 2 N–H and O–H groups in total. The molecule has 0 amide bonds. The fourth-order valence-corrected chi connectivity index (χ4v) is 2.89. The third-order valence-corrected chi connectivity index (χ3v) is 4.04. The molecular formula is C19H20ClNO2. The number of hydrogen-bond donors (Lipinski definition) is 2. The van der Waals surface area contributed by atoms with E-state index in [1.54, 1.807) is 0 Å². The van der Waals surface area contributed by atoms with Crippen molar-refractivity contribution in [2.24, 2.45) is 0 Å². The number of hydrogen-bond acceptors (Lipinski definition) is 2. The van der Waals surface area contributed by atoms with Crippen LogP contribution in [0.3, 0.4) is 0 Å². The van der Waals surface area contributed by atoms with E-state index in [-0.39, 0.29) is 18.4 Å². The minimum Gasteiger partial charge on any atom is -0.481 e. The first kappa shape index (κ1) is 17.3. The largest absolute Gasteiger partial charge is 0.481 e. The Hall–Kier alpha value is -2.10. The lowest BCUT2D eigenvalue weighted by atomic mass is 9.89. The number of carboxylic acids is 1. The minimum atomic E-state index is -0.795. The third-order valence-electron chi connectivity index (χ3n) is 4.04. The average molecular weight is 330 g/mol. The molecule has 1 heterocycles. The standard InChI is InChI=1S/C19H19NO2.ClH/c21-19(22)18(17-8-4-5-13-20-17)16-11-9-15(10-12-16)14-6-2-1-3-7-14;/h1-4,6-12,17-18,20H,5,13H2,(H,21,22);1H/t17?,18-;/m1./s1. The topological polar surface area (TPSA) is 49.3 Å². The van der Waals surface area contributed by atoms with Crippen LogP contribution in [0.1, 0.15) is 17.9 Å². The van der Waals surface area contributed by atoms with Crippen molar-refractivity contribution >= 4 is 18.4 Å². The van der Waals surface area contributed by atoms with Crippen molar-refractivity contribution in [1.82, 2.24) is 5.32 Å². The smallest absolute Gasteiger partial charge is 0.312 e. The lowest BCUT2D eigenvalue weighted by molar-refractivity contribution is -0.139. The summed E-state index contributed by atoms with van der Waals surface area (Å²) in [7, 11) is 0. The van der Waals surface area contributed by atoms with Crippen LogP contribution < -0.4 is 5.32 Å². The van der Waals surface area contributed by atoms with Crippen molar-refractivity contribution in [2.75, 3.05) is 6.54 Å². The maximum absolute atomic E-state index is 11.7. The summed E-state index contributed by atoms with van der Waals surface area (Å²) in [6.45, 7) is 0.826. The van der Waals surface area contributed by atoms with Crippen LogP contribution >= 0.6 is 12.4 Å². The Morgan fingerprint density at radius 2 is 1.70 bits per heavy atom. The van der Waals surface area contributed by atoms with E-state index < -0.39 is 11.9 Å². The number of halogens is 1. The molecule has 1 aliphatic rings. The number of benzene rings is 2. The molecule has 0 aliphatic carbocycles. The van der Waals surface area contributed by atoms with Crippen molar-refractivity contribution in [3.8, 4) is 11.1 Å². The Bertz CT molecular complexity index is 668.